The Labute approximate surface area is 33.7 Å². The van der Waals surface area contributed by atoms with Crippen LogP contribution in [0.2, 0.25) is 0 Å². The quantitative estimate of drug-likeness (QED) is 0.370. The summed E-state index contributed by atoms with van der Waals surface area (Å²) in [7, 11) is 1.76. The zero-order valence-electron chi connectivity index (χ0n) is 4.21. The summed E-state index contributed by atoms with van der Waals surface area (Å²) in [5.41, 5.74) is 0. The Morgan fingerprint density at radius 2 is 1.40 bits per heavy atom. The van der Waals surface area contributed by atoms with E-state index in [2.05, 4.69) is 11.7 Å². The van der Waals surface area contributed by atoms with Gasteiger partial charge >= 0.3 is 0 Å². The highest BCUT2D eigenvalue weighted by Crippen LogP contribution is 1.14. The van der Waals surface area contributed by atoms with Crippen molar-refractivity contribution in [3.8, 4) is 0 Å². The first kappa shape index (κ1) is 8.82. The maximum Gasteiger partial charge on any atom is 0.130 e. The Bertz CT molecular complexity index is 11.1. The molecule has 0 unspecified atom stereocenters. The van der Waals surface area contributed by atoms with Gasteiger partial charge in [-0.25, -0.2) is 0 Å². The molecule has 0 radical (unpaired) electrons. The lowest BCUT2D eigenvalue weighted by molar-refractivity contribution is -0.409. The standard InChI is InChI=1S/C2H5N.C2H6/c1-3-2;1-2/h1H2,2H3;1-2H3/p+1. The lowest BCUT2D eigenvalue weighted by Crippen LogP contribution is -2.59. The van der Waals surface area contributed by atoms with Crippen LogP contribution in [-0.4, -0.2) is 13.8 Å². The van der Waals surface area contributed by atoms with Gasteiger partial charge in [-0.2, -0.15) is 0 Å². The molecule has 32 valence electrons. The van der Waals surface area contributed by atoms with Crippen molar-refractivity contribution in [2.75, 3.05) is 7.05 Å². The molecule has 0 aromatic carbocycles. The Morgan fingerprint density at radius 1 is 1.40 bits per heavy atom. The van der Waals surface area contributed by atoms with Crippen molar-refractivity contribution in [2.24, 2.45) is 0 Å². The average molecular weight is 74.1 g/mol. The van der Waals surface area contributed by atoms with Gasteiger partial charge in [0.2, 0.25) is 0 Å². The van der Waals surface area contributed by atoms with Crippen LogP contribution in [0.15, 0.2) is 0 Å². The van der Waals surface area contributed by atoms with Crippen molar-refractivity contribution in [1.29, 1.82) is 0 Å². The van der Waals surface area contributed by atoms with Crippen molar-refractivity contribution >= 4 is 6.72 Å². The van der Waals surface area contributed by atoms with Gasteiger partial charge in [-0.1, -0.05) is 13.8 Å². The minimum atomic E-state index is 1.76. The Hall–Kier alpha value is -0.330. The van der Waals surface area contributed by atoms with Gasteiger partial charge in [-0.3, -0.25) is 4.99 Å². The minimum absolute atomic E-state index is 1.76. The molecule has 1 nitrogen and oxygen atoms in total. The summed E-state index contributed by atoms with van der Waals surface area (Å²) >= 11 is 0. The van der Waals surface area contributed by atoms with Gasteiger partial charge < -0.3 is 0 Å². The third kappa shape index (κ3) is 94.0. The van der Waals surface area contributed by atoms with Gasteiger partial charge in [-0.05, 0) is 0 Å². The highest BCUT2D eigenvalue weighted by molar-refractivity contribution is 5.11. The molecule has 0 saturated heterocycles. The van der Waals surface area contributed by atoms with Crippen LogP contribution in [0.1, 0.15) is 13.8 Å². The molecule has 0 amide bonds. The van der Waals surface area contributed by atoms with E-state index in [1.54, 1.807) is 7.05 Å². The second-order valence-electron chi connectivity index (χ2n) is 0.354. The number of rotatable bonds is 0. The van der Waals surface area contributed by atoms with Gasteiger partial charge in [-0.15, -0.1) is 0 Å². The molecule has 0 atom stereocenters. The topological polar surface area (TPSA) is 14.0 Å². The molecule has 0 aromatic rings. The molecule has 1 heteroatoms. The smallest absolute Gasteiger partial charge is 0.130 e. The van der Waals surface area contributed by atoms with Crippen molar-refractivity contribution in [3.63, 3.8) is 0 Å². The zero-order valence-corrected chi connectivity index (χ0v) is 4.21. The maximum atomic E-state index is 3.24. The molecule has 0 aromatic heterocycles. The van der Waals surface area contributed by atoms with Gasteiger partial charge in [0.05, 0.1) is 0 Å². The summed E-state index contributed by atoms with van der Waals surface area (Å²) in [4.78, 5) is 2.50. The van der Waals surface area contributed by atoms with Crippen LogP contribution in [0.5, 0.6) is 0 Å². The van der Waals surface area contributed by atoms with E-state index >= 15 is 0 Å². The fourth-order valence-electron chi connectivity index (χ4n) is 0. The first-order valence-corrected chi connectivity index (χ1v) is 1.85. The molecule has 0 bridgehead atoms. The molecule has 0 heterocycles. The minimum Gasteiger partial charge on any atom is -0.257 e. The summed E-state index contributed by atoms with van der Waals surface area (Å²) in [6, 6.07) is 0. The van der Waals surface area contributed by atoms with E-state index in [1.165, 1.54) is 0 Å². The first-order chi connectivity index (χ1) is 2.41. The molecule has 0 saturated carbocycles. The molecular weight excluding hydrogens is 62.1 g/mol. The van der Waals surface area contributed by atoms with Crippen molar-refractivity contribution in [3.05, 3.63) is 0 Å². The molecule has 0 aliphatic rings. The maximum absolute atomic E-state index is 3.24. The van der Waals surface area contributed by atoms with Crippen LogP contribution < -0.4 is 4.99 Å². The van der Waals surface area contributed by atoms with Crippen molar-refractivity contribution in [1.82, 2.24) is 0 Å². The predicted molar refractivity (Wildman–Crippen MR) is 25.4 cm³/mol. The number of nitrogens with one attached hydrogen (secondary N) is 1. The van der Waals surface area contributed by atoms with Gasteiger partial charge in [0.1, 0.15) is 13.8 Å². The molecule has 0 spiro atoms. The fourth-order valence-corrected chi connectivity index (χ4v) is 0. The van der Waals surface area contributed by atoms with E-state index in [0.29, 0.717) is 0 Å². The highest BCUT2D eigenvalue weighted by atomic mass is 14.6. The Kier molecular flexibility index (Phi) is 103. The van der Waals surface area contributed by atoms with Crippen LogP contribution in [0.25, 0.3) is 0 Å². The second-order valence-corrected chi connectivity index (χ2v) is 0.354. The van der Waals surface area contributed by atoms with Crippen molar-refractivity contribution < 1.29 is 4.99 Å². The van der Waals surface area contributed by atoms with Gasteiger partial charge in [0.15, 0.2) is 0 Å². The first-order valence-electron chi connectivity index (χ1n) is 1.85. The number of hydrogen-bond donors (Lipinski definition) is 1. The molecule has 0 rings (SSSR count). The number of hydrogen-bond acceptors (Lipinski definition) is 0. The van der Waals surface area contributed by atoms with E-state index in [1.807, 2.05) is 13.8 Å². The normalized spacial score (nSPS) is 3.80. The van der Waals surface area contributed by atoms with E-state index < -0.39 is 0 Å². The lowest BCUT2D eigenvalue weighted by atomic mass is 11.0. The molecule has 1 N–H and O–H groups in total. The van der Waals surface area contributed by atoms with Crippen molar-refractivity contribution in [2.45, 2.75) is 13.8 Å². The Morgan fingerprint density at radius 3 is 1.40 bits per heavy atom. The SMILES string of the molecule is C=[NH+]C.CC. The summed E-state index contributed by atoms with van der Waals surface area (Å²) in [6.07, 6.45) is 0. The van der Waals surface area contributed by atoms with Crippen LogP contribution in [0.3, 0.4) is 0 Å². The molecular formula is C4H12N+. The van der Waals surface area contributed by atoms with Crippen LogP contribution >= 0.6 is 0 Å². The molecule has 5 heavy (non-hydrogen) atoms. The lowest BCUT2D eigenvalue weighted by Gasteiger charge is -1.30. The Balaban J connectivity index is 0. The third-order valence-electron chi connectivity index (χ3n) is 0. The summed E-state index contributed by atoms with van der Waals surface area (Å²) in [6.45, 7) is 7.24. The van der Waals surface area contributed by atoms with E-state index in [-0.39, 0.29) is 0 Å². The third-order valence-corrected chi connectivity index (χ3v) is 0. The fraction of sp³-hybridized carbons (Fsp3) is 0.750. The van der Waals surface area contributed by atoms with E-state index in [4.69, 9.17) is 0 Å². The van der Waals surface area contributed by atoms with Gasteiger partial charge in [0.25, 0.3) is 0 Å². The average Bonchev–Trinajstić information content (AvgIpc) is 1.46. The monoisotopic (exact) mass is 74.1 g/mol. The van der Waals surface area contributed by atoms with Crippen LogP contribution in [-0.2, 0) is 0 Å². The second kappa shape index (κ2) is 58.3. The summed E-state index contributed by atoms with van der Waals surface area (Å²) < 4.78 is 0. The zero-order chi connectivity index (χ0) is 4.71. The van der Waals surface area contributed by atoms with Crippen LogP contribution in [0.4, 0.5) is 0 Å². The highest BCUT2D eigenvalue weighted by Gasteiger charge is 1.18. The van der Waals surface area contributed by atoms with Crippen LogP contribution in [0, 0.1) is 0 Å². The molecule has 0 aliphatic carbocycles. The van der Waals surface area contributed by atoms with E-state index in [9.17, 15) is 0 Å². The summed E-state index contributed by atoms with van der Waals surface area (Å²) in [5.74, 6) is 0. The largest absolute Gasteiger partial charge is 0.257 e. The van der Waals surface area contributed by atoms with E-state index in [0.717, 1.165) is 0 Å². The molecule has 0 aliphatic heterocycles. The summed E-state index contributed by atoms with van der Waals surface area (Å²) in [5, 5.41) is 0. The molecule has 0 fully saturated rings. The predicted octanol–water partition coefficient (Wildman–Crippen LogP) is -0.576. The van der Waals surface area contributed by atoms with Gasteiger partial charge in [0, 0.05) is 0 Å².